The third-order valence-electron chi connectivity index (χ3n) is 1.72. The molecule has 1 aromatic rings. The van der Waals surface area contributed by atoms with Crippen LogP contribution in [-0.2, 0) is 4.74 Å². The molecule has 0 aliphatic carbocycles. The molecule has 4 nitrogen and oxygen atoms in total. The van der Waals surface area contributed by atoms with Gasteiger partial charge in [-0.2, -0.15) is 0 Å². The summed E-state index contributed by atoms with van der Waals surface area (Å²) < 4.78 is 5.45. The highest BCUT2D eigenvalue weighted by molar-refractivity contribution is 5.25. The lowest BCUT2D eigenvalue weighted by molar-refractivity contribution is 0.0536. The minimum atomic E-state index is -0.0338. The monoisotopic (exact) mass is 181 g/mol. The average Bonchev–Trinajstić information content (AvgIpc) is 2.14. The third kappa shape index (κ3) is 2.66. The number of ether oxygens (including phenoxy) is 1. The van der Waals surface area contributed by atoms with Gasteiger partial charge in [0.25, 0.3) is 0 Å². The first-order valence-corrected chi connectivity index (χ1v) is 4.48. The molecule has 1 aromatic heterocycles. The van der Waals surface area contributed by atoms with Crippen molar-refractivity contribution in [2.75, 3.05) is 12.3 Å². The molecular weight excluding hydrogens is 166 g/mol. The zero-order chi connectivity index (χ0) is 9.68. The summed E-state index contributed by atoms with van der Waals surface area (Å²) in [6.07, 6.45) is 2.48. The Morgan fingerprint density at radius 3 is 2.85 bits per heavy atom. The van der Waals surface area contributed by atoms with E-state index in [-0.39, 0.29) is 6.10 Å². The molecule has 1 atom stereocenters. The minimum Gasteiger partial charge on any atom is -0.384 e. The molecule has 0 spiro atoms. The largest absolute Gasteiger partial charge is 0.384 e. The van der Waals surface area contributed by atoms with Gasteiger partial charge in [-0.3, -0.25) is 0 Å². The van der Waals surface area contributed by atoms with Crippen LogP contribution in [0.25, 0.3) is 0 Å². The number of nitrogens with zero attached hydrogens (tertiary/aromatic N) is 2. The van der Waals surface area contributed by atoms with Crippen molar-refractivity contribution in [3.8, 4) is 0 Å². The van der Waals surface area contributed by atoms with E-state index in [1.807, 2.05) is 13.8 Å². The molecule has 0 aliphatic heterocycles. The Kier molecular flexibility index (Phi) is 3.64. The van der Waals surface area contributed by atoms with Gasteiger partial charge in [0.15, 0.2) is 5.82 Å². The van der Waals surface area contributed by atoms with Crippen LogP contribution in [-0.4, -0.2) is 16.6 Å². The van der Waals surface area contributed by atoms with E-state index in [1.165, 1.54) is 0 Å². The van der Waals surface area contributed by atoms with E-state index in [1.54, 1.807) is 12.3 Å². The lowest BCUT2D eigenvalue weighted by Gasteiger charge is -2.12. The van der Waals surface area contributed by atoms with Crippen molar-refractivity contribution in [2.45, 2.75) is 26.4 Å². The minimum absolute atomic E-state index is 0.0338. The van der Waals surface area contributed by atoms with Crippen LogP contribution in [0.5, 0.6) is 0 Å². The summed E-state index contributed by atoms with van der Waals surface area (Å²) in [5, 5.41) is 0. The summed E-state index contributed by atoms with van der Waals surface area (Å²) in [4.78, 5) is 8.22. The van der Waals surface area contributed by atoms with E-state index in [9.17, 15) is 0 Å². The van der Waals surface area contributed by atoms with Crippen LogP contribution in [0.1, 0.15) is 32.2 Å². The molecule has 0 aliphatic rings. The standard InChI is InChI=1S/C9H15N3O/c1-3-7(13-4-2)9-11-6-5-8(10)12-9/h5-7H,3-4H2,1-2H3,(H2,10,11,12). The molecule has 1 heterocycles. The van der Waals surface area contributed by atoms with Crippen molar-refractivity contribution in [3.05, 3.63) is 18.1 Å². The number of nitrogen functional groups attached to an aromatic ring is 1. The zero-order valence-corrected chi connectivity index (χ0v) is 8.03. The van der Waals surface area contributed by atoms with Gasteiger partial charge in [0.1, 0.15) is 11.9 Å². The second-order valence-corrected chi connectivity index (χ2v) is 2.69. The van der Waals surface area contributed by atoms with Crippen LogP contribution in [0.2, 0.25) is 0 Å². The van der Waals surface area contributed by atoms with Crippen molar-refractivity contribution >= 4 is 5.82 Å². The van der Waals surface area contributed by atoms with Gasteiger partial charge < -0.3 is 10.5 Å². The smallest absolute Gasteiger partial charge is 0.159 e. The van der Waals surface area contributed by atoms with E-state index in [4.69, 9.17) is 10.5 Å². The predicted octanol–water partition coefficient (Wildman–Crippen LogP) is 1.55. The summed E-state index contributed by atoms with van der Waals surface area (Å²) in [6.45, 7) is 4.65. The van der Waals surface area contributed by atoms with Crippen molar-refractivity contribution < 1.29 is 4.74 Å². The summed E-state index contributed by atoms with van der Waals surface area (Å²) in [5.41, 5.74) is 5.54. The van der Waals surface area contributed by atoms with Gasteiger partial charge in [-0.25, -0.2) is 9.97 Å². The van der Waals surface area contributed by atoms with Crippen LogP contribution >= 0.6 is 0 Å². The third-order valence-corrected chi connectivity index (χ3v) is 1.72. The van der Waals surface area contributed by atoms with Gasteiger partial charge >= 0.3 is 0 Å². The van der Waals surface area contributed by atoms with Crippen LogP contribution in [0.4, 0.5) is 5.82 Å². The number of aromatic nitrogens is 2. The Morgan fingerprint density at radius 1 is 1.54 bits per heavy atom. The fraction of sp³-hybridized carbons (Fsp3) is 0.556. The van der Waals surface area contributed by atoms with Crippen LogP contribution in [0.15, 0.2) is 12.3 Å². The van der Waals surface area contributed by atoms with Crippen molar-refractivity contribution in [3.63, 3.8) is 0 Å². The molecule has 0 saturated heterocycles. The molecule has 0 radical (unpaired) electrons. The van der Waals surface area contributed by atoms with Gasteiger partial charge in [0.05, 0.1) is 0 Å². The highest BCUT2D eigenvalue weighted by Gasteiger charge is 2.11. The molecule has 72 valence electrons. The number of hydrogen-bond donors (Lipinski definition) is 1. The van der Waals surface area contributed by atoms with E-state index in [0.717, 1.165) is 6.42 Å². The SMILES string of the molecule is CCOC(CC)c1nccc(N)n1. The molecular formula is C9H15N3O. The first-order valence-electron chi connectivity index (χ1n) is 4.48. The van der Waals surface area contributed by atoms with Gasteiger partial charge in [0, 0.05) is 12.8 Å². The zero-order valence-electron chi connectivity index (χ0n) is 8.03. The molecule has 13 heavy (non-hydrogen) atoms. The van der Waals surface area contributed by atoms with Crippen LogP contribution < -0.4 is 5.73 Å². The molecule has 1 unspecified atom stereocenters. The van der Waals surface area contributed by atoms with Crippen molar-refractivity contribution in [2.24, 2.45) is 0 Å². The Bertz CT molecular complexity index is 265. The Hall–Kier alpha value is -1.16. The fourth-order valence-electron chi connectivity index (χ4n) is 1.12. The number of rotatable bonds is 4. The van der Waals surface area contributed by atoms with E-state index >= 15 is 0 Å². The number of hydrogen-bond acceptors (Lipinski definition) is 4. The fourth-order valence-corrected chi connectivity index (χ4v) is 1.12. The highest BCUT2D eigenvalue weighted by Crippen LogP contribution is 2.16. The topological polar surface area (TPSA) is 61.0 Å². The number of anilines is 1. The summed E-state index contributed by atoms with van der Waals surface area (Å²) >= 11 is 0. The Labute approximate surface area is 78.1 Å². The molecule has 0 amide bonds. The summed E-state index contributed by atoms with van der Waals surface area (Å²) in [7, 11) is 0. The van der Waals surface area contributed by atoms with E-state index < -0.39 is 0 Å². The van der Waals surface area contributed by atoms with Crippen LogP contribution in [0.3, 0.4) is 0 Å². The summed E-state index contributed by atoms with van der Waals surface area (Å²) in [5.74, 6) is 1.16. The maximum Gasteiger partial charge on any atom is 0.159 e. The Morgan fingerprint density at radius 2 is 2.31 bits per heavy atom. The van der Waals surface area contributed by atoms with Gasteiger partial charge in [-0.1, -0.05) is 6.92 Å². The average molecular weight is 181 g/mol. The maximum absolute atomic E-state index is 5.54. The lowest BCUT2D eigenvalue weighted by Crippen LogP contribution is -2.08. The first-order chi connectivity index (χ1) is 6.27. The van der Waals surface area contributed by atoms with E-state index in [2.05, 4.69) is 9.97 Å². The quantitative estimate of drug-likeness (QED) is 0.765. The Balaban J connectivity index is 2.78. The van der Waals surface area contributed by atoms with Gasteiger partial charge in [0.2, 0.25) is 0 Å². The predicted molar refractivity (Wildman–Crippen MR) is 51.1 cm³/mol. The second-order valence-electron chi connectivity index (χ2n) is 2.69. The lowest BCUT2D eigenvalue weighted by atomic mass is 10.2. The molecule has 0 fully saturated rings. The van der Waals surface area contributed by atoms with Crippen molar-refractivity contribution in [1.82, 2.24) is 9.97 Å². The highest BCUT2D eigenvalue weighted by atomic mass is 16.5. The van der Waals surface area contributed by atoms with Crippen LogP contribution in [0, 0.1) is 0 Å². The first kappa shape index (κ1) is 9.92. The summed E-state index contributed by atoms with van der Waals surface area (Å²) in [6, 6.07) is 1.67. The van der Waals surface area contributed by atoms with Gasteiger partial charge in [-0.05, 0) is 19.4 Å². The molecule has 0 saturated carbocycles. The molecule has 0 aromatic carbocycles. The maximum atomic E-state index is 5.54. The molecule has 1 rings (SSSR count). The molecule has 4 heteroatoms. The second kappa shape index (κ2) is 4.77. The normalized spacial score (nSPS) is 12.8. The number of nitrogens with two attached hydrogens (primary N) is 1. The molecule has 0 bridgehead atoms. The van der Waals surface area contributed by atoms with E-state index in [0.29, 0.717) is 18.2 Å². The van der Waals surface area contributed by atoms with Crippen molar-refractivity contribution in [1.29, 1.82) is 0 Å². The van der Waals surface area contributed by atoms with Gasteiger partial charge in [-0.15, -0.1) is 0 Å². The molecule has 2 N–H and O–H groups in total.